The lowest BCUT2D eigenvalue weighted by Gasteiger charge is -2.13. The monoisotopic (exact) mass is 444 g/mol. The molecule has 3 rings (SSSR count). The number of halogens is 1. The molecule has 156 valence electrons. The minimum atomic E-state index is -3.84. The molecule has 0 unspecified atom stereocenters. The zero-order chi connectivity index (χ0) is 21.7. The normalized spacial score (nSPS) is 11.8. The third kappa shape index (κ3) is 4.93. The number of hydrogen-bond acceptors (Lipinski definition) is 5. The van der Waals surface area contributed by atoms with Gasteiger partial charge in [0.25, 0.3) is 10.0 Å². The first kappa shape index (κ1) is 21.7. The van der Waals surface area contributed by atoms with Crippen LogP contribution in [0.15, 0.2) is 76.7 Å². The third-order valence-electron chi connectivity index (χ3n) is 4.38. The van der Waals surface area contributed by atoms with Gasteiger partial charge in [-0.1, -0.05) is 41.4 Å². The number of hydrogen-bond donors (Lipinski definition) is 1. The molecule has 30 heavy (non-hydrogen) atoms. The first-order valence-corrected chi connectivity index (χ1v) is 10.8. The van der Waals surface area contributed by atoms with E-state index >= 15 is 0 Å². The van der Waals surface area contributed by atoms with Gasteiger partial charge < -0.3 is 9.47 Å². The molecular formula is C22H21ClN2O4S. The number of benzene rings is 3. The van der Waals surface area contributed by atoms with Crippen molar-refractivity contribution in [3.63, 3.8) is 0 Å². The summed E-state index contributed by atoms with van der Waals surface area (Å²) in [6.45, 7) is 1.89. The zero-order valence-corrected chi connectivity index (χ0v) is 18.3. The van der Waals surface area contributed by atoms with Crippen molar-refractivity contribution in [1.29, 1.82) is 0 Å². The number of aryl methyl sites for hydroxylation is 1. The summed E-state index contributed by atoms with van der Waals surface area (Å²) in [6, 6.07) is 18.7. The molecule has 8 heteroatoms. The molecule has 0 saturated carbocycles. The van der Waals surface area contributed by atoms with E-state index in [2.05, 4.69) is 9.93 Å². The highest BCUT2D eigenvalue weighted by atomic mass is 35.5. The van der Waals surface area contributed by atoms with Crippen molar-refractivity contribution in [3.8, 4) is 11.5 Å². The van der Waals surface area contributed by atoms with E-state index in [0.29, 0.717) is 33.4 Å². The molecule has 3 aromatic carbocycles. The summed E-state index contributed by atoms with van der Waals surface area (Å²) < 4.78 is 36.1. The molecule has 6 nitrogen and oxygen atoms in total. The molecule has 0 atom stereocenters. The molecule has 3 aromatic rings. The topological polar surface area (TPSA) is 77.0 Å². The van der Waals surface area contributed by atoms with E-state index in [-0.39, 0.29) is 4.90 Å². The average molecular weight is 445 g/mol. The van der Waals surface area contributed by atoms with Gasteiger partial charge in [-0.3, -0.25) is 0 Å². The fraction of sp³-hybridized carbons (Fsp3) is 0.136. The van der Waals surface area contributed by atoms with Gasteiger partial charge in [0.2, 0.25) is 0 Å². The molecule has 0 aromatic heterocycles. The summed E-state index contributed by atoms with van der Waals surface area (Å²) in [5.74, 6) is 1.05. The van der Waals surface area contributed by atoms with Gasteiger partial charge in [0.1, 0.15) is 0 Å². The van der Waals surface area contributed by atoms with Crippen molar-refractivity contribution < 1.29 is 17.9 Å². The molecule has 0 bridgehead atoms. The van der Waals surface area contributed by atoms with Crippen molar-refractivity contribution in [2.75, 3.05) is 14.2 Å². The summed E-state index contributed by atoms with van der Waals surface area (Å²) in [6.07, 6.45) is 0. The molecule has 0 aliphatic rings. The predicted octanol–water partition coefficient (Wildman–Crippen LogP) is 4.40. The third-order valence-corrected chi connectivity index (χ3v) is 5.86. The Morgan fingerprint density at radius 1 is 0.867 bits per heavy atom. The first-order valence-electron chi connectivity index (χ1n) is 8.98. The largest absolute Gasteiger partial charge is 0.493 e. The molecular weight excluding hydrogens is 424 g/mol. The standard InChI is InChI=1S/C22H21ClN2O4S/c1-15-4-11-19(12-5-15)30(26,27)25-24-22(16-6-9-18(23)10-7-16)17-8-13-20(28-2)21(14-17)29-3/h4-14,25H,1-3H3. The Labute approximate surface area is 181 Å². The Balaban J connectivity index is 2.06. The Kier molecular flexibility index (Phi) is 6.64. The van der Waals surface area contributed by atoms with E-state index in [1.54, 1.807) is 61.7 Å². The smallest absolute Gasteiger partial charge is 0.276 e. The van der Waals surface area contributed by atoms with Crippen molar-refractivity contribution in [1.82, 2.24) is 4.83 Å². The fourth-order valence-electron chi connectivity index (χ4n) is 2.76. The van der Waals surface area contributed by atoms with Gasteiger partial charge in [0.05, 0.1) is 24.8 Å². The summed E-state index contributed by atoms with van der Waals surface area (Å²) in [5.41, 5.74) is 2.69. The number of nitrogens with zero attached hydrogens (tertiary/aromatic N) is 1. The fourth-order valence-corrected chi connectivity index (χ4v) is 3.70. The van der Waals surface area contributed by atoms with Crippen molar-refractivity contribution in [2.24, 2.45) is 5.10 Å². The molecule has 0 heterocycles. The first-order chi connectivity index (χ1) is 14.3. The Hall–Kier alpha value is -3.03. The zero-order valence-electron chi connectivity index (χ0n) is 16.7. The summed E-state index contributed by atoms with van der Waals surface area (Å²) in [5, 5.41) is 4.80. The van der Waals surface area contributed by atoms with E-state index in [4.69, 9.17) is 21.1 Å². The number of ether oxygens (including phenoxy) is 2. The lowest BCUT2D eigenvalue weighted by atomic mass is 10.0. The van der Waals surface area contributed by atoms with Crippen LogP contribution in [-0.2, 0) is 10.0 Å². The van der Waals surface area contributed by atoms with E-state index in [1.165, 1.54) is 19.2 Å². The second kappa shape index (κ2) is 9.19. The van der Waals surface area contributed by atoms with Crippen molar-refractivity contribution >= 4 is 27.3 Å². The van der Waals surface area contributed by atoms with Crippen LogP contribution in [0, 0.1) is 6.92 Å². The Bertz CT molecular complexity index is 1160. The SMILES string of the molecule is COc1ccc(C(=NNS(=O)(=O)c2ccc(C)cc2)c2ccc(Cl)cc2)cc1OC. The van der Waals surface area contributed by atoms with E-state index < -0.39 is 10.0 Å². The van der Waals surface area contributed by atoms with E-state index in [0.717, 1.165) is 5.56 Å². The number of rotatable bonds is 7. The van der Waals surface area contributed by atoms with Crippen LogP contribution in [-0.4, -0.2) is 28.3 Å². The van der Waals surface area contributed by atoms with Crippen molar-refractivity contribution in [3.05, 3.63) is 88.4 Å². The lowest BCUT2D eigenvalue weighted by Crippen LogP contribution is -2.21. The maximum absolute atomic E-state index is 12.7. The highest BCUT2D eigenvalue weighted by Crippen LogP contribution is 2.29. The molecule has 0 aliphatic carbocycles. The van der Waals surface area contributed by atoms with Crippen LogP contribution in [0.4, 0.5) is 0 Å². The molecule has 0 radical (unpaired) electrons. The quantitative estimate of drug-likeness (QED) is 0.433. The second-order valence-corrected chi connectivity index (χ2v) is 8.54. The van der Waals surface area contributed by atoms with Gasteiger partial charge >= 0.3 is 0 Å². The summed E-state index contributed by atoms with van der Waals surface area (Å²) >= 11 is 6.00. The minimum absolute atomic E-state index is 0.125. The van der Waals surface area contributed by atoms with E-state index in [9.17, 15) is 8.42 Å². The van der Waals surface area contributed by atoms with Crippen LogP contribution in [0.25, 0.3) is 0 Å². The molecule has 0 spiro atoms. The lowest BCUT2D eigenvalue weighted by molar-refractivity contribution is 0.355. The van der Waals surface area contributed by atoms with Gasteiger partial charge in [-0.05, 0) is 49.4 Å². The van der Waals surface area contributed by atoms with Gasteiger partial charge in [-0.25, -0.2) is 0 Å². The number of nitrogens with one attached hydrogen (secondary N) is 1. The van der Waals surface area contributed by atoms with Crippen LogP contribution in [0.5, 0.6) is 11.5 Å². The summed E-state index contributed by atoms with van der Waals surface area (Å²) in [7, 11) is -0.773. The molecule has 0 aliphatic heterocycles. The van der Waals surface area contributed by atoms with Crippen LogP contribution < -0.4 is 14.3 Å². The van der Waals surface area contributed by atoms with Crippen LogP contribution >= 0.6 is 11.6 Å². The highest BCUT2D eigenvalue weighted by molar-refractivity contribution is 7.89. The predicted molar refractivity (Wildman–Crippen MR) is 118 cm³/mol. The molecule has 0 fully saturated rings. The molecule has 0 amide bonds. The Morgan fingerprint density at radius 3 is 2.07 bits per heavy atom. The second-order valence-electron chi connectivity index (χ2n) is 6.44. The number of sulfonamides is 1. The molecule has 0 saturated heterocycles. The van der Waals surface area contributed by atoms with Crippen LogP contribution in [0.2, 0.25) is 5.02 Å². The number of methoxy groups -OCH3 is 2. The summed E-state index contributed by atoms with van der Waals surface area (Å²) in [4.78, 5) is 2.45. The highest BCUT2D eigenvalue weighted by Gasteiger charge is 2.16. The van der Waals surface area contributed by atoms with Gasteiger partial charge in [-0.2, -0.15) is 18.4 Å². The average Bonchev–Trinajstić information content (AvgIpc) is 2.75. The van der Waals surface area contributed by atoms with Crippen LogP contribution in [0.3, 0.4) is 0 Å². The number of hydrazone groups is 1. The minimum Gasteiger partial charge on any atom is -0.493 e. The maximum Gasteiger partial charge on any atom is 0.276 e. The van der Waals surface area contributed by atoms with Gasteiger partial charge in [0.15, 0.2) is 11.5 Å². The Morgan fingerprint density at radius 2 is 1.47 bits per heavy atom. The van der Waals surface area contributed by atoms with Crippen molar-refractivity contribution in [2.45, 2.75) is 11.8 Å². The maximum atomic E-state index is 12.7. The van der Waals surface area contributed by atoms with Gasteiger partial charge in [-0.15, -0.1) is 0 Å². The van der Waals surface area contributed by atoms with Crippen LogP contribution in [0.1, 0.15) is 16.7 Å². The van der Waals surface area contributed by atoms with E-state index in [1.807, 2.05) is 6.92 Å². The molecule has 1 N–H and O–H groups in total. The van der Waals surface area contributed by atoms with Gasteiger partial charge in [0, 0.05) is 16.1 Å².